The highest BCUT2D eigenvalue weighted by Crippen LogP contribution is 2.30. The van der Waals surface area contributed by atoms with E-state index >= 15 is 0 Å². The number of methoxy groups -OCH3 is 1. The number of carbonyl (C=O) groups excluding carboxylic acids is 2. The van der Waals surface area contributed by atoms with Gasteiger partial charge in [0.1, 0.15) is 18.3 Å². The predicted octanol–water partition coefficient (Wildman–Crippen LogP) is 5.84. The van der Waals surface area contributed by atoms with Gasteiger partial charge >= 0.3 is 0 Å². The van der Waals surface area contributed by atoms with E-state index in [2.05, 4.69) is 5.32 Å². The third kappa shape index (κ3) is 8.61. The van der Waals surface area contributed by atoms with Crippen LogP contribution in [0.1, 0.15) is 38.8 Å². The molecule has 0 aliphatic carbocycles. The molecule has 8 nitrogen and oxygen atoms in total. The van der Waals surface area contributed by atoms with Crippen LogP contribution in [0.25, 0.3) is 0 Å². The Kier molecular flexibility index (Phi) is 10.3. The van der Waals surface area contributed by atoms with Gasteiger partial charge in [0.05, 0.1) is 17.7 Å². The first-order valence-corrected chi connectivity index (χ1v) is 15.1. The van der Waals surface area contributed by atoms with Crippen molar-refractivity contribution in [1.29, 1.82) is 0 Å². The van der Waals surface area contributed by atoms with E-state index < -0.39 is 34.1 Å². The van der Waals surface area contributed by atoms with Crippen molar-refractivity contribution in [2.75, 3.05) is 18.0 Å². The summed E-state index contributed by atoms with van der Waals surface area (Å²) in [6.45, 7) is 8.42. The van der Waals surface area contributed by atoms with Gasteiger partial charge in [-0.25, -0.2) is 8.42 Å². The summed E-state index contributed by atoms with van der Waals surface area (Å²) < 4.78 is 34.0. The minimum absolute atomic E-state index is 0.00720. The van der Waals surface area contributed by atoms with Gasteiger partial charge in [0.15, 0.2) is 0 Å². The lowest BCUT2D eigenvalue weighted by atomic mass is 10.1. The van der Waals surface area contributed by atoms with Crippen LogP contribution in [-0.2, 0) is 26.2 Å². The topological polar surface area (TPSA) is 96.0 Å². The zero-order valence-electron chi connectivity index (χ0n) is 23.9. The van der Waals surface area contributed by atoms with Crippen molar-refractivity contribution in [2.45, 2.75) is 57.6 Å². The van der Waals surface area contributed by atoms with Crippen molar-refractivity contribution in [3.05, 3.63) is 87.9 Å². The van der Waals surface area contributed by atoms with Crippen molar-refractivity contribution in [3.63, 3.8) is 0 Å². The van der Waals surface area contributed by atoms with Crippen LogP contribution < -0.4 is 14.4 Å². The molecule has 1 N–H and O–H groups in total. The Morgan fingerprint density at radius 3 is 2.02 bits per heavy atom. The lowest BCUT2D eigenvalue weighted by Crippen LogP contribution is -2.54. The number of benzene rings is 3. The number of sulfonamides is 1. The minimum Gasteiger partial charge on any atom is -0.497 e. The first-order valence-electron chi connectivity index (χ1n) is 12.9. The first-order chi connectivity index (χ1) is 19.1. The summed E-state index contributed by atoms with van der Waals surface area (Å²) in [6, 6.07) is 16.8. The number of amides is 2. The summed E-state index contributed by atoms with van der Waals surface area (Å²) in [5.41, 5.74) is 1.18. The van der Waals surface area contributed by atoms with Gasteiger partial charge in [0, 0.05) is 22.1 Å². The number of carbonyl (C=O) groups is 2. The highest BCUT2D eigenvalue weighted by molar-refractivity contribution is 7.92. The highest BCUT2D eigenvalue weighted by atomic mass is 35.5. The molecule has 11 heteroatoms. The molecular weight excluding hydrogens is 585 g/mol. The summed E-state index contributed by atoms with van der Waals surface area (Å²) >= 11 is 12.5. The molecule has 2 amide bonds. The molecule has 0 aliphatic heterocycles. The first kappa shape index (κ1) is 32.2. The molecule has 0 saturated carbocycles. The molecule has 0 heterocycles. The quantitative estimate of drug-likeness (QED) is 0.308. The summed E-state index contributed by atoms with van der Waals surface area (Å²) in [5.74, 6) is -0.333. The second-order valence-corrected chi connectivity index (χ2v) is 13.5. The lowest BCUT2D eigenvalue weighted by molar-refractivity contribution is -0.140. The fourth-order valence-electron chi connectivity index (χ4n) is 4.03. The van der Waals surface area contributed by atoms with E-state index in [1.807, 2.05) is 27.7 Å². The zero-order chi connectivity index (χ0) is 30.5. The van der Waals surface area contributed by atoms with Crippen LogP contribution in [0.4, 0.5) is 5.69 Å². The Hall–Kier alpha value is -3.27. The largest absolute Gasteiger partial charge is 0.497 e. The Bertz CT molecular complexity index is 1470. The number of ether oxygens (including phenoxy) is 1. The van der Waals surface area contributed by atoms with E-state index in [4.69, 9.17) is 27.9 Å². The van der Waals surface area contributed by atoms with Crippen molar-refractivity contribution in [3.8, 4) is 5.75 Å². The van der Waals surface area contributed by atoms with E-state index in [0.717, 1.165) is 15.4 Å². The van der Waals surface area contributed by atoms with Gasteiger partial charge in [-0.05, 0) is 82.6 Å². The van der Waals surface area contributed by atoms with Gasteiger partial charge < -0.3 is 15.0 Å². The van der Waals surface area contributed by atoms with Crippen LogP contribution in [0.5, 0.6) is 5.75 Å². The minimum atomic E-state index is -4.24. The van der Waals surface area contributed by atoms with E-state index in [0.29, 0.717) is 5.75 Å². The fourth-order valence-corrected chi connectivity index (χ4v) is 5.95. The molecule has 0 aromatic heterocycles. The average molecular weight is 621 g/mol. The molecule has 0 fully saturated rings. The molecule has 3 aromatic rings. The van der Waals surface area contributed by atoms with Crippen LogP contribution in [0.15, 0.2) is 71.6 Å². The molecular formula is C30H35Cl2N3O5S. The Labute approximate surface area is 252 Å². The van der Waals surface area contributed by atoms with Gasteiger partial charge in [0.25, 0.3) is 10.0 Å². The Balaban J connectivity index is 2.06. The van der Waals surface area contributed by atoms with Crippen LogP contribution in [-0.4, -0.2) is 50.4 Å². The molecule has 1 atom stereocenters. The smallest absolute Gasteiger partial charge is 0.264 e. The van der Waals surface area contributed by atoms with Gasteiger partial charge in [-0.1, -0.05) is 53.0 Å². The van der Waals surface area contributed by atoms with E-state index in [9.17, 15) is 18.0 Å². The molecule has 0 bridgehead atoms. The number of aryl methyl sites for hydroxylation is 1. The number of hydrogen-bond donors (Lipinski definition) is 1. The third-order valence-electron chi connectivity index (χ3n) is 6.20. The monoisotopic (exact) mass is 619 g/mol. The second kappa shape index (κ2) is 13.1. The summed E-state index contributed by atoms with van der Waals surface area (Å²) in [4.78, 5) is 28.6. The Morgan fingerprint density at radius 2 is 1.51 bits per heavy atom. The maximum atomic E-state index is 14.0. The molecule has 0 radical (unpaired) electrons. The van der Waals surface area contributed by atoms with Crippen LogP contribution in [0.3, 0.4) is 0 Å². The highest BCUT2D eigenvalue weighted by Gasteiger charge is 2.33. The van der Waals surface area contributed by atoms with Crippen molar-refractivity contribution >= 4 is 50.7 Å². The van der Waals surface area contributed by atoms with Gasteiger partial charge in [-0.2, -0.15) is 0 Å². The van der Waals surface area contributed by atoms with Gasteiger partial charge in [-0.15, -0.1) is 0 Å². The second-order valence-electron chi connectivity index (χ2n) is 10.7. The molecule has 220 valence electrons. The number of nitrogens with zero attached hydrogens (tertiary/aromatic N) is 2. The van der Waals surface area contributed by atoms with Crippen molar-refractivity contribution in [1.82, 2.24) is 10.2 Å². The SMILES string of the molecule is COc1ccc(CN(C(=O)CN(c2cc(Cl)cc(Cl)c2)S(=O)(=O)c2ccc(C)cc2)C(C)C(=O)NC(C)(C)C)cc1. The lowest BCUT2D eigenvalue weighted by Gasteiger charge is -2.33. The van der Waals surface area contributed by atoms with Crippen molar-refractivity contribution < 1.29 is 22.7 Å². The average Bonchev–Trinajstić information content (AvgIpc) is 2.88. The number of nitrogens with one attached hydrogen (secondary N) is 1. The number of hydrogen-bond acceptors (Lipinski definition) is 5. The predicted molar refractivity (Wildman–Crippen MR) is 163 cm³/mol. The maximum Gasteiger partial charge on any atom is 0.264 e. The summed E-state index contributed by atoms with van der Waals surface area (Å²) in [5, 5.41) is 3.31. The summed E-state index contributed by atoms with van der Waals surface area (Å²) in [6.07, 6.45) is 0. The third-order valence-corrected chi connectivity index (χ3v) is 8.43. The molecule has 0 saturated heterocycles. The van der Waals surface area contributed by atoms with E-state index in [-0.39, 0.29) is 33.1 Å². The number of rotatable bonds is 10. The fraction of sp³-hybridized carbons (Fsp3) is 0.333. The number of anilines is 1. The molecule has 3 rings (SSSR count). The Morgan fingerprint density at radius 1 is 0.951 bits per heavy atom. The van der Waals surface area contributed by atoms with Gasteiger partial charge in [-0.3, -0.25) is 13.9 Å². The maximum absolute atomic E-state index is 14.0. The van der Waals surface area contributed by atoms with E-state index in [1.165, 1.54) is 35.2 Å². The van der Waals surface area contributed by atoms with E-state index in [1.54, 1.807) is 50.4 Å². The van der Waals surface area contributed by atoms with Crippen LogP contribution in [0.2, 0.25) is 10.0 Å². The zero-order valence-corrected chi connectivity index (χ0v) is 26.3. The molecule has 0 spiro atoms. The number of halogens is 2. The van der Waals surface area contributed by atoms with Gasteiger partial charge in [0.2, 0.25) is 11.8 Å². The van der Waals surface area contributed by atoms with Crippen molar-refractivity contribution in [2.24, 2.45) is 0 Å². The van der Waals surface area contributed by atoms with Crippen LogP contribution in [0, 0.1) is 6.92 Å². The summed E-state index contributed by atoms with van der Waals surface area (Å²) in [7, 11) is -2.69. The normalized spacial score (nSPS) is 12.4. The molecule has 0 aliphatic rings. The standard InChI is InChI=1S/C30H35Cl2N3O5S/c1-20-7-13-27(14-8-20)41(38,39)35(25-16-23(31)15-24(32)17-25)19-28(36)34(21(2)29(37)33-30(3,4)5)18-22-9-11-26(40-6)12-10-22/h7-17,21H,18-19H2,1-6H3,(H,33,37). The molecule has 3 aromatic carbocycles. The molecule has 1 unspecified atom stereocenters. The molecule has 41 heavy (non-hydrogen) atoms. The van der Waals surface area contributed by atoms with Crippen LogP contribution >= 0.6 is 23.2 Å².